The highest BCUT2D eigenvalue weighted by Crippen LogP contribution is 2.38. The van der Waals surface area contributed by atoms with Crippen molar-refractivity contribution in [1.82, 2.24) is 0 Å². The maximum absolute atomic E-state index is 13.6. The highest BCUT2D eigenvalue weighted by molar-refractivity contribution is 5.99. The molecule has 2 N–H and O–H groups in total. The number of ether oxygens (including phenoxy) is 2. The first-order chi connectivity index (χ1) is 15.4. The fourth-order valence-electron chi connectivity index (χ4n) is 3.84. The van der Waals surface area contributed by atoms with Gasteiger partial charge in [-0.05, 0) is 66.6 Å². The first-order valence-corrected chi connectivity index (χ1v) is 10.2. The van der Waals surface area contributed by atoms with Crippen molar-refractivity contribution in [3.63, 3.8) is 0 Å². The quantitative estimate of drug-likeness (QED) is 0.617. The van der Waals surface area contributed by atoms with Crippen LogP contribution in [0.15, 0.2) is 60.7 Å². The molecule has 7 heteroatoms. The van der Waals surface area contributed by atoms with E-state index in [0.29, 0.717) is 47.0 Å². The lowest BCUT2D eigenvalue weighted by molar-refractivity contribution is -0.117. The number of carbonyl (C=O) groups is 2. The molecule has 1 saturated heterocycles. The molecule has 1 atom stereocenters. The fourth-order valence-corrected chi connectivity index (χ4v) is 3.84. The smallest absolute Gasteiger partial charge is 0.248 e. The number of benzene rings is 3. The molecule has 3 aromatic carbocycles. The Bertz CT molecular complexity index is 1190. The number of aryl methyl sites for hydroxylation is 1. The van der Waals surface area contributed by atoms with Crippen LogP contribution in [0.3, 0.4) is 0 Å². The zero-order chi connectivity index (χ0) is 22.8. The van der Waals surface area contributed by atoms with Gasteiger partial charge in [0.15, 0.2) is 11.5 Å². The third-order valence-electron chi connectivity index (χ3n) is 5.58. The van der Waals surface area contributed by atoms with Crippen LogP contribution in [-0.4, -0.2) is 25.5 Å². The minimum atomic E-state index is -0.539. The highest BCUT2D eigenvalue weighted by atomic mass is 19.1. The molecular formula is C25H23FN2O4. The van der Waals surface area contributed by atoms with Gasteiger partial charge in [0.1, 0.15) is 11.6 Å². The summed E-state index contributed by atoms with van der Waals surface area (Å²) >= 11 is 0. The van der Waals surface area contributed by atoms with Crippen LogP contribution >= 0.6 is 0 Å². The van der Waals surface area contributed by atoms with Crippen molar-refractivity contribution in [3.05, 3.63) is 83.2 Å². The third kappa shape index (κ3) is 4.27. The maximum atomic E-state index is 13.6. The van der Waals surface area contributed by atoms with Gasteiger partial charge in [0, 0.05) is 30.1 Å². The predicted molar refractivity (Wildman–Crippen MR) is 119 cm³/mol. The molecule has 6 nitrogen and oxygen atoms in total. The number of halogens is 1. The molecule has 1 fully saturated rings. The first-order valence-electron chi connectivity index (χ1n) is 10.2. The Morgan fingerprint density at radius 3 is 2.62 bits per heavy atom. The summed E-state index contributed by atoms with van der Waals surface area (Å²) in [7, 11) is 1.55. The molecule has 4 rings (SSSR count). The largest absolute Gasteiger partial charge is 0.493 e. The lowest BCUT2D eigenvalue weighted by Gasteiger charge is -2.18. The molecule has 1 aliphatic rings. The second-order valence-electron chi connectivity index (χ2n) is 7.74. The Labute approximate surface area is 185 Å². The van der Waals surface area contributed by atoms with E-state index in [1.807, 2.05) is 12.1 Å². The summed E-state index contributed by atoms with van der Waals surface area (Å²) in [5.41, 5.74) is 7.76. The fraction of sp³-hybridized carbons (Fsp3) is 0.200. The normalized spacial score (nSPS) is 15.7. The minimum Gasteiger partial charge on any atom is -0.493 e. The summed E-state index contributed by atoms with van der Waals surface area (Å²) in [6.07, 6.45) is 0.322. The lowest BCUT2D eigenvalue weighted by atomic mass is 9.98. The van der Waals surface area contributed by atoms with Crippen molar-refractivity contribution in [2.75, 3.05) is 18.6 Å². The van der Waals surface area contributed by atoms with Crippen molar-refractivity contribution in [3.8, 4) is 17.2 Å². The number of anilines is 1. The zero-order valence-electron chi connectivity index (χ0n) is 17.8. The van der Waals surface area contributed by atoms with Gasteiger partial charge in [0.2, 0.25) is 11.8 Å². The van der Waals surface area contributed by atoms with E-state index in [9.17, 15) is 14.0 Å². The molecule has 0 aromatic heterocycles. The Morgan fingerprint density at radius 2 is 1.91 bits per heavy atom. The van der Waals surface area contributed by atoms with Crippen LogP contribution in [-0.2, 0) is 4.79 Å². The Kier molecular flexibility index (Phi) is 5.81. The summed E-state index contributed by atoms with van der Waals surface area (Å²) in [6, 6.07) is 16.8. The average molecular weight is 434 g/mol. The van der Waals surface area contributed by atoms with Gasteiger partial charge in [-0.15, -0.1) is 0 Å². The van der Waals surface area contributed by atoms with Gasteiger partial charge < -0.3 is 20.1 Å². The Morgan fingerprint density at radius 1 is 1.09 bits per heavy atom. The average Bonchev–Trinajstić information content (AvgIpc) is 3.18. The number of hydrogen-bond acceptors (Lipinski definition) is 4. The minimum absolute atomic E-state index is 0.0379. The molecule has 32 heavy (non-hydrogen) atoms. The molecule has 1 unspecified atom stereocenters. The second-order valence-corrected chi connectivity index (χ2v) is 7.74. The van der Waals surface area contributed by atoms with Crippen LogP contribution in [0.1, 0.15) is 33.8 Å². The van der Waals surface area contributed by atoms with Crippen LogP contribution in [0, 0.1) is 12.7 Å². The summed E-state index contributed by atoms with van der Waals surface area (Å²) < 4.78 is 25.0. The van der Waals surface area contributed by atoms with Gasteiger partial charge in [-0.3, -0.25) is 9.59 Å². The molecule has 1 aliphatic heterocycles. The number of carbonyl (C=O) groups excluding carboxylic acids is 2. The van der Waals surface area contributed by atoms with Gasteiger partial charge in [0.25, 0.3) is 0 Å². The van der Waals surface area contributed by atoms with Crippen LogP contribution in [0.2, 0.25) is 0 Å². The zero-order valence-corrected chi connectivity index (χ0v) is 17.8. The van der Waals surface area contributed by atoms with E-state index in [0.717, 1.165) is 5.56 Å². The number of nitrogens with two attached hydrogens (primary N) is 1. The molecule has 0 aliphatic carbocycles. The standard InChI is InChI=1S/C25H23FN2O4/c1-15-10-20(7-8-21(15)26)32-23-12-16(6-9-22(23)31-2)18-13-24(29)28(14-18)19-5-3-4-17(11-19)25(27)30/h3-12,18H,13-14H2,1-2H3,(H2,27,30). The number of amides is 2. The monoisotopic (exact) mass is 434 g/mol. The SMILES string of the molecule is COc1ccc(C2CC(=O)N(c3cccc(C(N)=O)c3)C2)cc1Oc1ccc(F)c(C)c1. The van der Waals surface area contributed by atoms with Crippen LogP contribution in [0.5, 0.6) is 17.2 Å². The van der Waals surface area contributed by atoms with Crippen LogP contribution in [0.4, 0.5) is 10.1 Å². The molecule has 2 amide bonds. The highest BCUT2D eigenvalue weighted by Gasteiger charge is 2.32. The molecule has 0 saturated carbocycles. The third-order valence-corrected chi connectivity index (χ3v) is 5.58. The van der Waals surface area contributed by atoms with E-state index < -0.39 is 5.91 Å². The molecule has 0 spiro atoms. The lowest BCUT2D eigenvalue weighted by Crippen LogP contribution is -2.24. The maximum Gasteiger partial charge on any atom is 0.248 e. The van der Waals surface area contributed by atoms with Gasteiger partial charge in [-0.2, -0.15) is 0 Å². The summed E-state index contributed by atoms with van der Waals surface area (Å²) in [5, 5.41) is 0. The van der Waals surface area contributed by atoms with E-state index in [4.69, 9.17) is 15.2 Å². The molecule has 0 radical (unpaired) electrons. The van der Waals surface area contributed by atoms with E-state index in [-0.39, 0.29) is 17.6 Å². The first kappa shape index (κ1) is 21.4. The predicted octanol–water partition coefficient (Wildman–Crippen LogP) is 4.55. The summed E-state index contributed by atoms with van der Waals surface area (Å²) in [5.74, 6) is 0.563. The van der Waals surface area contributed by atoms with Crippen LogP contribution in [0.25, 0.3) is 0 Å². The molecule has 1 heterocycles. The summed E-state index contributed by atoms with van der Waals surface area (Å²) in [4.78, 5) is 25.9. The molecular weight excluding hydrogens is 411 g/mol. The van der Waals surface area contributed by atoms with E-state index in [1.54, 1.807) is 61.4 Å². The second kappa shape index (κ2) is 8.70. The molecule has 164 valence electrons. The van der Waals surface area contributed by atoms with Crippen LogP contribution < -0.4 is 20.1 Å². The van der Waals surface area contributed by atoms with Crippen molar-refractivity contribution in [1.29, 1.82) is 0 Å². The number of primary amides is 1. The summed E-state index contributed by atoms with van der Waals surface area (Å²) in [6.45, 7) is 2.13. The Balaban J connectivity index is 1.59. The van der Waals surface area contributed by atoms with Gasteiger partial charge in [-0.1, -0.05) is 12.1 Å². The van der Waals surface area contributed by atoms with Crippen molar-refractivity contribution < 1.29 is 23.5 Å². The van der Waals surface area contributed by atoms with Gasteiger partial charge in [0.05, 0.1) is 7.11 Å². The molecule has 0 bridgehead atoms. The number of hydrogen-bond donors (Lipinski definition) is 1. The van der Waals surface area contributed by atoms with E-state index >= 15 is 0 Å². The number of rotatable bonds is 6. The van der Waals surface area contributed by atoms with E-state index in [1.165, 1.54) is 6.07 Å². The van der Waals surface area contributed by atoms with Crippen molar-refractivity contribution >= 4 is 17.5 Å². The van der Waals surface area contributed by atoms with Gasteiger partial charge >= 0.3 is 0 Å². The number of methoxy groups -OCH3 is 1. The Hall–Kier alpha value is -3.87. The molecule has 3 aromatic rings. The number of nitrogens with zero attached hydrogens (tertiary/aromatic N) is 1. The van der Waals surface area contributed by atoms with Crippen molar-refractivity contribution in [2.45, 2.75) is 19.3 Å². The van der Waals surface area contributed by atoms with Crippen molar-refractivity contribution in [2.24, 2.45) is 5.73 Å². The van der Waals surface area contributed by atoms with Gasteiger partial charge in [-0.25, -0.2) is 4.39 Å². The topological polar surface area (TPSA) is 81.9 Å². The van der Waals surface area contributed by atoms with E-state index in [2.05, 4.69) is 0 Å².